The highest BCUT2D eigenvalue weighted by atomic mass is 16.6. The van der Waals surface area contributed by atoms with Crippen molar-refractivity contribution in [3.8, 4) is 0 Å². The Balaban J connectivity index is 2.11. The molecule has 0 unspecified atom stereocenters. The smallest absolute Gasteiger partial charge is 0.411 e. The van der Waals surface area contributed by atoms with Gasteiger partial charge in [0.1, 0.15) is 6.04 Å². The quantitative estimate of drug-likeness (QED) is 0.836. The molecule has 1 fully saturated rings. The lowest BCUT2D eigenvalue weighted by Gasteiger charge is -2.39. The Morgan fingerprint density at radius 3 is 2.46 bits per heavy atom. The summed E-state index contributed by atoms with van der Waals surface area (Å²) in [4.78, 5) is 39.5. The first-order valence-electron chi connectivity index (χ1n) is 8.78. The minimum Gasteiger partial charge on any atom is -0.478 e. The highest BCUT2D eigenvalue weighted by Gasteiger charge is 2.38. The Labute approximate surface area is 153 Å². The average molecular weight is 362 g/mol. The predicted octanol–water partition coefficient (Wildman–Crippen LogP) is 2.01. The third-order valence-corrected chi connectivity index (χ3v) is 4.43. The van der Waals surface area contributed by atoms with Crippen molar-refractivity contribution < 1.29 is 24.2 Å². The molecular weight excluding hydrogens is 336 g/mol. The average Bonchev–Trinajstić information content (AvgIpc) is 2.59. The highest BCUT2D eigenvalue weighted by Crippen LogP contribution is 2.20. The zero-order valence-electron chi connectivity index (χ0n) is 15.4. The summed E-state index contributed by atoms with van der Waals surface area (Å²) >= 11 is 0. The van der Waals surface area contributed by atoms with E-state index in [0.29, 0.717) is 19.5 Å². The van der Waals surface area contributed by atoms with Gasteiger partial charge in [0, 0.05) is 26.6 Å². The van der Waals surface area contributed by atoms with Gasteiger partial charge in [-0.15, -0.1) is 0 Å². The molecule has 1 N–H and O–H groups in total. The molecule has 2 atom stereocenters. The summed E-state index contributed by atoms with van der Waals surface area (Å²) < 4.78 is 5.27. The molecule has 0 bridgehead atoms. The summed E-state index contributed by atoms with van der Waals surface area (Å²) in [6.07, 6.45) is -1.45. The fourth-order valence-electron chi connectivity index (χ4n) is 3.00. The molecule has 1 aliphatic heterocycles. The van der Waals surface area contributed by atoms with Crippen molar-refractivity contribution >= 4 is 18.0 Å². The van der Waals surface area contributed by atoms with Crippen LogP contribution in [0.4, 0.5) is 4.79 Å². The van der Waals surface area contributed by atoms with E-state index in [4.69, 9.17) is 4.74 Å². The molecule has 1 saturated heterocycles. The fraction of sp³-hybridized carbons (Fsp3) is 0.526. The third-order valence-electron chi connectivity index (χ3n) is 4.43. The lowest BCUT2D eigenvalue weighted by Crippen LogP contribution is -2.58. The molecule has 0 aliphatic carbocycles. The first-order chi connectivity index (χ1) is 12.3. The van der Waals surface area contributed by atoms with E-state index in [9.17, 15) is 19.5 Å². The minimum atomic E-state index is -1.29. The van der Waals surface area contributed by atoms with Crippen molar-refractivity contribution in [3.63, 3.8) is 0 Å². The van der Waals surface area contributed by atoms with Crippen molar-refractivity contribution in [2.24, 2.45) is 5.92 Å². The number of carboxylic acid groups (broad SMARTS) is 1. The van der Waals surface area contributed by atoms with E-state index in [2.05, 4.69) is 0 Å². The molecule has 2 amide bonds. The van der Waals surface area contributed by atoms with E-state index in [1.807, 2.05) is 19.9 Å². The number of carbonyl (C=O) groups excluding carboxylic acids is 2. The van der Waals surface area contributed by atoms with Crippen LogP contribution in [0.3, 0.4) is 0 Å². The maximum atomic E-state index is 12.6. The molecule has 1 aromatic carbocycles. The fourth-order valence-corrected chi connectivity index (χ4v) is 3.00. The first kappa shape index (κ1) is 19.8. The molecule has 142 valence electrons. The highest BCUT2D eigenvalue weighted by molar-refractivity contribution is 5.87. The molecule has 0 radical (unpaired) electrons. The number of likely N-dealkylation sites (N-methyl/N-ethyl adjacent to an activating group) is 1. The van der Waals surface area contributed by atoms with E-state index in [1.165, 1.54) is 4.90 Å². The Hall–Kier alpha value is -2.57. The number of ether oxygens (including phenoxy) is 1. The van der Waals surface area contributed by atoms with E-state index in [-0.39, 0.29) is 18.2 Å². The molecule has 2 rings (SSSR count). The van der Waals surface area contributed by atoms with Gasteiger partial charge in [-0.3, -0.25) is 9.69 Å². The van der Waals surface area contributed by atoms with Crippen LogP contribution in [-0.4, -0.2) is 65.2 Å². The molecule has 1 aromatic rings. The number of amides is 2. The Bertz CT molecular complexity index is 647. The summed E-state index contributed by atoms with van der Waals surface area (Å²) in [6, 6.07) is 8.38. The monoisotopic (exact) mass is 362 g/mol. The third kappa shape index (κ3) is 4.97. The van der Waals surface area contributed by atoms with Gasteiger partial charge in [0.15, 0.2) is 0 Å². The van der Waals surface area contributed by atoms with Crippen molar-refractivity contribution in [3.05, 3.63) is 35.9 Å². The molecule has 1 heterocycles. The van der Waals surface area contributed by atoms with E-state index < -0.39 is 24.2 Å². The molecule has 1 aliphatic rings. The minimum absolute atomic E-state index is 0.0818. The Morgan fingerprint density at radius 2 is 1.88 bits per heavy atom. The Morgan fingerprint density at radius 1 is 1.23 bits per heavy atom. The maximum absolute atomic E-state index is 12.6. The number of carboxylic acids is 1. The second-order valence-electron chi connectivity index (χ2n) is 7.00. The molecular formula is C19H26N2O5. The van der Waals surface area contributed by atoms with Crippen LogP contribution in [0.2, 0.25) is 0 Å². The summed E-state index contributed by atoms with van der Waals surface area (Å²) in [5.41, 5.74) is 0.765. The van der Waals surface area contributed by atoms with Gasteiger partial charge in [-0.05, 0) is 17.9 Å². The van der Waals surface area contributed by atoms with Gasteiger partial charge in [-0.2, -0.15) is 0 Å². The number of rotatable bonds is 6. The van der Waals surface area contributed by atoms with Crippen LogP contribution >= 0.6 is 0 Å². The van der Waals surface area contributed by atoms with Gasteiger partial charge < -0.3 is 14.7 Å². The zero-order chi connectivity index (χ0) is 19.3. The zero-order valence-corrected chi connectivity index (χ0v) is 15.4. The number of hydrogen-bond donors (Lipinski definition) is 1. The number of carbonyl (C=O) groups is 3. The summed E-state index contributed by atoms with van der Waals surface area (Å²) in [7, 11) is 1.70. The van der Waals surface area contributed by atoms with E-state index in [1.54, 1.807) is 36.2 Å². The number of nitrogens with zero attached hydrogens (tertiary/aromatic N) is 2. The van der Waals surface area contributed by atoms with Gasteiger partial charge in [-0.25, -0.2) is 9.59 Å². The molecule has 0 aromatic heterocycles. The van der Waals surface area contributed by atoms with E-state index in [0.717, 1.165) is 5.56 Å². The van der Waals surface area contributed by atoms with E-state index >= 15 is 0 Å². The van der Waals surface area contributed by atoms with Crippen LogP contribution < -0.4 is 0 Å². The first-order valence-corrected chi connectivity index (χ1v) is 8.78. The van der Waals surface area contributed by atoms with Gasteiger partial charge >= 0.3 is 12.1 Å². The van der Waals surface area contributed by atoms with Gasteiger partial charge in [0.25, 0.3) is 0 Å². The second kappa shape index (κ2) is 8.69. The maximum Gasteiger partial charge on any atom is 0.411 e. The molecule has 7 nitrogen and oxygen atoms in total. The Kier molecular flexibility index (Phi) is 6.60. The SMILES string of the molecule is CC(C)C[C@H]1C(=O)N(C)CCN1C(=O)O[C@@H](Cc1ccccc1)C(=O)O. The van der Waals surface area contributed by atoms with Crippen molar-refractivity contribution in [1.82, 2.24) is 9.80 Å². The summed E-state index contributed by atoms with van der Waals surface area (Å²) in [5.74, 6) is -1.13. The van der Waals surface area contributed by atoms with Crippen LogP contribution in [0.5, 0.6) is 0 Å². The largest absolute Gasteiger partial charge is 0.478 e. The summed E-state index contributed by atoms with van der Waals surface area (Å²) in [6.45, 7) is 4.68. The normalized spacial score (nSPS) is 18.8. The van der Waals surface area contributed by atoms with Gasteiger partial charge in [0.05, 0.1) is 0 Å². The van der Waals surface area contributed by atoms with Crippen LogP contribution in [0.25, 0.3) is 0 Å². The number of piperazine rings is 1. The standard InChI is InChI=1S/C19H26N2O5/c1-13(2)11-15-17(22)20(3)9-10-21(15)19(25)26-16(18(23)24)12-14-7-5-4-6-8-14/h4-8,13,15-16H,9-12H2,1-3H3,(H,23,24)/t15-,16-/m0/s1. The van der Waals surface area contributed by atoms with Gasteiger partial charge in [-0.1, -0.05) is 44.2 Å². The molecule has 0 spiro atoms. The van der Waals surface area contributed by atoms with Crippen molar-refractivity contribution in [2.75, 3.05) is 20.1 Å². The van der Waals surface area contributed by atoms with Crippen LogP contribution in [0.1, 0.15) is 25.8 Å². The lowest BCUT2D eigenvalue weighted by molar-refractivity contribution is -0.148. The van der Waals surface area contributed by atoms with Crippen molar-refractivity contribution in [1.29, 1.82) is 0 Å². The van der Waals surface area contributed by atoms with Crippen molar-refractivity contribution in [2.45, 2.75) is 38.8 Å². The second-order valence-corrected chi connectivity index (χ2v) is 7.00. The number of hydrogen-bond acceptors (Lipinski definition) is 4. The van der Waals surface area contributed by atoms with Gasteiger partial charge in [0.2, 0.25) is 12.0 Å². The molecule has 7 heteroatoms. The summed E-state index contributed by atoms with van der Waals surface area (Å²) in [5, 5.41) is 9.42. The lowest BCUT2D eigenvalue weighted by atomic mass is 10.00. The van der Waals surface area contributed by atoms with Crippen LogP contribution in [-0.2, 0) is 20.7 Å². The predicted molar refractivity (Wildman–Crippen MR) is 95.6 cm³/mol. The van der Waals surface area contributed by atoms with Crippen LogP contribution in [0.15, 0.2) is 30.3 Å². The number of benzene rings is 1. The molecule has 26 heavy (non-hydrogen) atoms. The molecule has 0 saturated carbocycles. The number of aliphatic carboxylic acids is 1. The van der Waals surface area contributed by atoms with Crippen LogP contribution in [0, 0.1) is 5.92 Å². The topological polar surface area (TPSA) is 87.2 Å².